The molecule has 0 aliphatic carbocycles. The molecular weight excluding hydrogens is 286 g/mol. The zero-order valence-electron chi connectivity index (χ0n) is 12.9. The summed E-state index contributed by atoms with van der Waals surface area (Å²) in [6, 6.07) is 6.41. The predicted octanol–water partition coefficient (Wildman–Crippen LogP) is 2.58. The van der Waals surface area contributed by atoms with Gasteiger partial charge in [0.25, 0.3) is 0 Å². The lowest BCUT2D eigenvalue weighted by molar-refractivity contribution is -0.124. The third-order valence-electron chi connectivity index (χ3n) is 4.29. The van der Waals surface area contributed by atoms with Crippen molar-refractivity contribution in [1.29, 1.82) is 0 Å². The monoisotopic (exact) mass is 309 g/mol. The van der Waals surface area contributed by atoms with E-state index in [9.17, 15) is 4.79 Å². The molecule has 0 spiro atoms. The Balaban J connectivity index is 2.14. The molecule has 2 N–H and O–H groups in total. The number of carbonyl (C=O) groups is 1. The van der Waals surface area contributed by atoms with E-state index < -0.39 is 0 Å². The molecule has 2 unspecified atom stereocenters. The lowest BCUT2D eigenvalue weighted by Gasteiger charge is -2.34. The molecular formula is C16H24ClN3O. The number of amides is 1. The summed E-state index contributed by atoms with van der Waals surface area (Å²) in [5, 5.41) is 6.72. The number of nitrogens with one attached hydrogen (secondary N) is 2. The molecule has 0 radical (unpaired) electrons. The van der Waals surface area contributed by atoms with E-state index in [-0.39, 0.29) is 17.9 Å². The molecule has 0 bridgehead atoms. The van der Waals surface area contributed by atoms with Crippen LogP contribution in [0.5, 0.6) is 0 Å². The molecule has 1 aromatic carbocycles. The molecule has 1 heterocycles. The Morgan fingerprint density at radius 1 is 1.43 bits per heavy atom. The Bertz CT molecular complexity index is 506. The van der Waals surface area contributed by atoms with Crippen LogP contribution in [0, 0.1) is 5.92 Å². The third kappa shape index (κ3) is 3.69. The lowest BCUT2D eigenvalue weighted by atomic mass is 9.96. The molecule has 1 aliphatic rings. The first kappa shape index (κ1) is 16.1. The van der Waals surface area contributed by atoms with Crippen LogP contribution in [0.2, 0.25) is 5.02 Å². The third-order valence-corrected chi connectivity index (χ3v) is 4.61. The summed E-state index contributed by atoms with van der Waals surface area (Å²) in [6.45, 7) is 3.82. The molecule has 0 aromatic heterocycles. The minimum absolute atomic E-state index is 0.0680. The maximum absolute atomic E-state index is 11.8. The number of halogens is 1. The van der Waals surface area contributed by atoms with Crippen LogP contribution in [0.3, 0.4) is 0 Å². The summed E-state index contributed by atoms with van der Waals surface area (Å²) in [6.07, 6.45) is 1.99. The highest BCUT2D eigenvalue weighted by atomic mass is 35.5. The summed E-state index contributed by atoms with van der Waals surface area (Å²) in [7, 11) is 3.62. The molecule has 116 valence electrons. The second-order valence-electron chi connectivity index (χ2n) is 5.62. The van der Waals surface area contributed by atoms with Crippen LogP contribution in [-0.4, -0.2) is 33.1 Å². The van der Waals surface area contributed by atoms with Crippen molar-refractivity contribution in [2.45, 2.75) is 25.8 Å². The van der Waals surface area contributed by atoms with Gasteiger partial charge in [-0.05, 0) is 44.5 Å². The van der Waals surface area contributed by atoms with Crippen molar-refractivity contribution in [3.8, 4) is 0 Å². The largest absolute Gasteiger partial charge is 0.371 e. The molecule has 0 saturated carbocycles. The first-order valence-electron chi connectivity index (χ1n) is 7.50. The maximum atomic E-state index is 11.8. The average molecular weight is 310 g/mol. The van der Waals surface area contributed by atoms with E-state index in [2.05, 4.69) is 34.6 Å². The van der Waals surface area contributed by atoms with Gasteiger partial charge >= 0.3 is 0 Å². The van der Waals surface area contributed by atoms with Crippen LogP contribution in [-0.2, 0) is 4.79 Å². The van der Waals surface area contributed by atoms with Gasteiger partial charge in [-0.15, -0.1) is 0 Å². The van der Waals surface area contributed by atoms with Crippen LogP contribution >= 0.6 is 11.6 Å². The highest BCUT2D eigenvalue weighted by Crippen LogP contribution is 2.30. The van der Waals surface area contributed by atoms with E-state index in [1.165, 1.54) is 0 Å². The van der Waals surface area contributed by atoms with E-state index in [1.807, 2.05) is 13.1 Å². The predicted molar refractivity (Wildman–Crippen MR) is 87.9 cm³/mol. The first-order chi connectivity index (χ1) is 10.1. The fourth-order valence-corrected chi connectivity index (χ4v) is 3.19. The highest BCUT2D eigenvalue weighted by Gasteiger charge is 2.25. The quantitative estimate of drug-likeness (QED) is 0.898. The van der Waals surface area contributed by atoms with Crippen molar-refractivity contribution in [2.75, 3.05) is 32.1 Å². The van der Waals surface area contributed by atoms with Gasteiger partial charge in [-0.3, -0.25) is 4.79 Å². The van der Waals surface area contributed by atoms with E-state index in [4.69, 9.17) is 11.6 Å². The summed E-state index contributed by atoms with van der Waals surface area (Å²) in [5.74, 6) is 0.199. The molecule has 1 saturated heterocycles. The summed E-state index contributed by atoms with van der Waals surface area (Å²) in [5.41, 5.74) is 2.20. The molecule has 21 heavy (non-hydrogen) atoms. The van der Waals surface area contributed by atoms with Crippen molar-refractivity contribution in [1.82, 2.24) is 10.6 Å². The second-order valence-corrected chi connectivity index (χ2v) is 6.02. The Morgan fingerprint density at radius 3 is 2.81 bits per heavy atom. The SMILES string of the molecule is CNC(=O)C1CCCN(c2ccc(C(C)NC)c(Cl)c2)C1. The average Bonchev–Trinajstić information content (AvgIpc) is 2.53. The maximum Gasteiger partial charge on any atom is 0.224 e. The number of carbonyl (C=O) groups excluding carboxylic acids is 1. The van der Waals surface area contributed by atoms with Gasteiger partial charge < -0.3 is 15.5 Å². The minimum Gasteiger partial charge on any atom is -0.371 e. The summed E-state index contributed by atoms with van der Waals surface area (Å²) < 4.78 is 0. The van der Waals surface area contributed by atoms with Crippen molar-refractivity contribution in [3.63, 3.8) is 0 Å². The Hall–Kier alpha value is -1.26. The van der Waals surface area contributed by atoms with Gasteiger partial charge in [-0.25, -0.2) is 0 Å². The summed E-state index contributed by atoms with van der Waals surface area (Å²) in [4.78, 5) is 14.1. The lowest BCUT2D eigenvalue weighted by Crippen LogP contribution is -2.42. The van der Waals surface area contributed by atoms with Gasteiger partial charge in [0.2, 0.25) is 5.91 Å². The molecule has 4 nitrogen and oxygen atoms in total. The molecule has 1 amide bonds. The van der Waals surface area contributed by atoms with Crippen LogP contribution in [0.15, 0.2) is 18.2 Å². The second kappa shape index (κ2) is 7.14. The van der Waals surface area contributed by atoms with Crippen LogP contribution in [0.4, 0.5) is 5.69 Å². The molecule has 1 fully saturated rings. The van der Waals surface area contributed by atoms with E-state index in [0.29, 0.717) is 0 Å². The van der Waals surface area contributed by atoms with Crippen molar-refractivity contribution >= 4 is 23.2 Å². The number of nitrogens with zero attached hydrogens (tertiary/aromatic N) is 1. The molecule has 1 aliphatic heterocycles. The minimum atomic E-state index is 0.0680. The summed E-state index contributed by atoms with van der Waals surface area (Å²) >= 11 is 6.40. The topological polar surface area (TPSA) is 44.4 Å². The number of anilines is 1. The number of hydrogen-bond donors (Lipinski definition) is 2. The van der Waals surface area contributed by atoms with Gasteiger partial charge in [-0.2, -0.15) is 0 Å². The highest BCUT2D eigenvalue weighted by molar-refractivity contribution is 6.31. The van der Waals surface area contributed by atoms with Gasteiger partial charge in [0.15, 0.2) is 0 Å². The fraction of sp³-hybridized carbons (Fsp3) is 0.562. The van der Waals surface area contributed by atoms with Crippen molar-refractivity contribution in [2.24, 2.45) is 5.92 Å². The standard InChI is InChI=1S/C16H24ClN3O/c1-11(18-2)14-7-6-13(9-15(14)17)20-8-4-5-12(10-20)16(21)19-3/h6-7,9,11-12,18H,4-5,8,10H2,1-3H3,(H,19,21). The van der Waals surface area contributed by atoms with E-state index >= 15 is 0 Å². The smallest absolute Gasteiger partial charge is 0.224 e. The Kier molecular flexibility index (Phi) is 5.48. The number of rotatable bonds is 4. The van der Waals surface area contributed by atoms with Gasteiger partial charge in [0, 0.05) is 36.9 Å². The van der Waals surface area contributed by atoms with E-state index in [1.54, 1.807) is 7.05 Å². The zero-order valence-corrected chi connectivity index (χ0v) is 13.7. The normalized spacial score (nSPS) is 20.2. The van der Waals surface area contributed by atoms with Crippen LogP contribution in [0.25, 0.3) is 0 Å². The number of piperidine rings is 1. The van der Waals surface area contributed by atoms with Crippen molar-refractivity contribution < 1.29 is 4.79 Å². The first-order valence-corrected chi connectivity index (χ1v) is 7.88. The molecule has 5 heteroatoms. The fourth-order valence-electron chi connectivity index (χ4n) is 2.85. The molecule has 2 atom stereocenters. The van der Waals surface area contributed by atoms with Gasteiger partial charge in [0.1, 0.15) is 0 Å². The van der Waals surface area contributed by atoms with Gasteiger partial charge in [-0.1, -0.05) is 17.7 Å². The van der Waals surface area contributed by atoms with E-state index in [0.717, 1.165) is 42.2 Å². The molecule has 2 rings (SSSR count). The van der Waals surface area contributed by atoms with Crippen LogP contribution < -0.4 is 15.5 Å². The Labute approximate surface area is 131 Å². The number of hydrogen-bond acceptors (Lipinski definition) is 3. The molecule has 1 aromatic rings. The number of benzene rings is 1. The zero-order chi connectivity index (χ0) is 15.4. The van der Waals surface area contributed by atoms with Gasteiger partial charge in [0.05, 0.1) is 5.92 Å². The Morgan fingerprint density at radius 2 is 2.19 bits per heavy atom. The van der Waals surface area contributed by atoms with Crippen molar-refractivity contribution in [3.05, 3.63) is 28.8 Å². The van der Waals surface area contributed by atoms with Crippen LogP contribution in [0.1, 0.15) is 31.4 Å².